The Hall–Kier alpha value is -1.53. The first-order chi connectivity index (χ1) is 10.0. The number of likely N-dealkylation sites (tertiary alicyclic amines) is 1. The first-order valence-corrected chi connectivity index (χ1v) is 7.46. The van der Waals surface area contributed by atoms with Crippen molar-refractivity contribution in [3.05, 3.63) is 22.4 Å². The van der Waals surface area contributed by atoms with Crippen LogP contribution in [0.25, 0.3) is 0 Å². The molecule has 0 saturated carbocycles. The maximum atomic E-state index is 11.7. The topological polar surface area (TPSA) is 74.3 Å². The predicted molar refractivity (Wildman–Crippen MR) is 81.7 cm³/mol. The Morgan fingerprint density at radius 2 is 2.05 bits per heavy atom. The van der Waals surface area contributed by atoms with Gasteiger partial charge < -0.3 is 15.5 Å². The molecule has 0 unspecified atom stereocenters. The van der Waals surface area contributed by atoms with Gasteiger partial charge in [-0.15, -0.1) is 0 Å². The number of hydrogen-bond acceptors (Lipinski definition) is 3. The van der Waals surface area contributed by atoms with E-state index < -0.39 is 0 Å². The summed E-state index contributed by atoms with van der Waals surface area (Å²) in [6.07, 6.45) is 2.28. The maximum absolute atomic E-state index is 11.7. The molecule has 0 atom stereocenters. The van der Waals surface area contributed by atoms with Crippen molar-refractivity contribution in [1.82, 2.24) is 15.2 Å². The number of nitrogens with one attached hydrogen (secondary N) is 2. The molecule has 0 spiro atoms. The highest BCUT2D eigenvalue weighted by atomic mass is 35.5. The average molecular weight is 331 g/mol. The third-order valence-corrected chi connectivity index (χ3v) is 3.47. The SMILES string of the molecule is O=C(NCCCN1CCCC1=O)Nc1cc(Cl)nc(Cl)c1. The Morgan fingerprint density at radius 3 is 2.67 bits per heavy atom. The van der Waals surface area contributed by atoms with Crippen LogP contribution >= 0.6 is 23.2 Å². The van der Waals surface area contributed by atoms with Gasteiger partial charge in [0, 0.05) is 31.7 Å². The van der Waals surface area contributed by atoms with E-state index in [0.29, 0.717) is 25.2 Å². The summed E-state index contributed by atoms with van der Waals surface area (Å²) in [5, 5.41) is 5.76. The quantitative estimate of drug-likeness (QED) is 0.643. The minimum absolute atomic E-state index is 0.195. The molecule has 114 valence electrons. The van der Waals surface area contributed by atoms with Crippen molar-refractivity contribution >= 4 is 40.8 Å². The Morgan fingerprint density at radius 1 is 1.33 bits per heavy atom. The fraction of sp³-hybridized carbons (Fsp3) is 0.462. The van der Waals surface area contributed by atoms with Gasteiger partial charge in [-0.25, -0.2) is 9.78 Å². The lowest BCUT2D eigenvalue weighted by atomic mass is 10.4. The largest absolute Gasteiger partial charge is 0.343 e. The monoisotopic (exact) mass is 330 g/mol. The van der Waals surface area contributed by atoms with Crippen LogP contribution in [0, 0.1) is 0 Å². The number of carbonyl (C=O) groups is 2. The zero-order chi connectivity index (χ0) is 15.2. The van der Waals surface area contributed by atoms with E-state index >= 15 is 0 Å². The Balaban J connectivity index is 1.68. The number of aromatic nitrogens is 1. The lowest BCUT2D eigenvalue weighted by Crippen LogP contribution is -2.33. The fourth-order valence-corrected chi connectivity index (χ4v) is 2.59. The summed E-state index contributed by atoms with van der Waals surface area (Å²) in [4.78, 5) is 28.7. The zero-order valence-electron chi connectivity index (χ0n) is 11.4. The van der Waals surface area contributed by atoms with Crippen LogP contribution in [0.2, 0.25) is 10.3 Å². The number of carbonyl (C=O) groups excluding carboxylic acids is 2. The highest BCUT2D eigenvalue weighted by Crippen LogP contribution is 2.18. The number of amides is 3. The van der Waals surface area contributed by atoms with E-state index in [1.54, 1.807) is 0 Å². The van der Waals surface area contributed by atoms with E-state index in [1.165, 1.54) is 12.1 Å². The highest BCUT2D eigenvalue weighted by Gasteiger charge is 2.18. The number of urea groups is 1. The number of rotatable bonds is 5. The summed E-state index contributed by atoms with van der Waals surface area (Å²) in [7, 11) is 0. The van der Waals surface area contributed by atoms with Gasteiger partial charge in [0.05, 0.1) is 0 Å². The van der Waals surface area contributed by atoms with Crippen LogP contribution in [0.4, 0.5) is 10.5 Å². The summed E-state index contributed by atoms with van der Waals surface area (Å²) in [6, 6.07) is 2.67. The molecule has 1 aliphatic rings. The van der Waals surface area contributed by atoms with Crippen LogP contribution < -0.4 is 10.6 Å². The van der Waals surface area contributed by atoms with E-state index in [-0.39, 0.29) is 22.2 Å². The molecule has 3 amide bonds. The van der Waals surface area contributed by atoms with Gasteiger partial charge in [-0.1, -0.05) is 23.2 Å². The van der Waals surface area contributed by atoms with Crippen LogP contribution in [0.5, 0.6) is 0 Å². The molecule has 0 radical (unpaired) electrons. The number of hydrogen-bond donors (Lipinski definition) is 2. The lowest BCUT2D eigenvalue weighted by Gasteiger charge is -2.15. The van der Waals surface area contributed by atoms with Crippen LogP contribution in [-0.4, -0.2) is 41.5 Å². The number of nitrogens with zero attached hydrogens (tertiary/aromatic N) is 2. The molecule has 0 bridgehead atoms. The molecule has 2 N–H and O–H groups in total. The predicted octanol–water partition coefficient (Wildman–Crippen LogP) is 2.52. The number of halogens is 2. The second-order valence-electron chi connectivity index (χ2n) is 4.72. The minimum atomic E-state index is -0.346. The van der Waals surface area contributed by atoms with Crippen molar-refractivity contribution in [2.45, 2.75) is 19.3 Å². The number of pyridine rings is 1. The van der Waals surface area contributed by atoms with E-state index in [4.69, 9.17) is 23.2 Å². The zero-order valence-corrected chi connectivity index (χ0v) is 12.9. The molecule has 2 rings (SSSR count). The number of anilines is 1. The van der Waals surface area contributed by atoms with Gasteiger partial charge in [-0.05, 0) is 25.0 Å². The smallest absolute Gasteiger partial charge is 0.319 e. The van der Waals surface area contributed by atoms with Crippen LogP contribution in [0.15, 0.2) is 12.1 Å². The molecule has 1 aliphatic heterocycles. The van der Waals surface area contributed by atoms with Crippen molar-refractivity contribution in [3.63, 3.8) is 0 Å². The average Bonchev–Trinajstić information content (AvgIpc) is 2.79. The Bertz CT molecular complexity index is 519. The van der Waals surface area contributed by atoms with E-state index in [1.807, 2.05) is 4.90 Å². The van der Waals surface area contributed by atoms with Gasteiger partial charge in [0.25, 0.3) is 0 Å². The minimum Gasteiger partial charge on any atom is -0.343 e. The molecule has 1 aromatic rings. The van der Waals surface area contributed by atoms with Gasteiger partial charge in [0.15, 0.2) is 0 Å². The molecule has 2 heterocycles. The molecule has 0 aliphatic carbocycles. The van der Waals surface area contributed by atoms with Crippen molar-refractivity contribution in [2.24, 2.45) is 0 Å². The van der Waals surface area contributed by atoms with Crippen molar-refractivity contribution in [1.29, 1.82) is 0 Å². The summed E-state index contributed by atoms with van der Waals surface area (Å²) < 4.78 is 0. The molecule has 0 aromatic carbocycles. The first kappa shape index (κ1) is 15.9. The van der Waals surface area contributed by atoms with Crippen LogP contribution in [0.3, 0.4) is 0 Å². The van der Waals surface area contributed by atoms with E-state index in [0.717, 1.165) is 19.4 Å². The van der Waals surface area contributed by atoms with Crippen molar-refractivity contribution < 1.29 is 9.59 Å². The molecule has 8 heteroatoms. The normalized spacial score (nSPS) is 14.4. The third kappa shape index (κ3) is 5.06. The summed E-state index contributed by atoms with van der Waals surface area (Å²) in [5.41, 5.74) is 0.479. The van der Waals surface area contributed by atoms with E-state index in [9.17, 15) is 9.59 Å². The van der Waals surface area contributed by atoms with Crippen LogP contribution in [-0.2, 0) is 4.79 Å². The van der Waals surface area contributed by atoms with Gasteiger partial charge in [0.1, 0.15) is 10.3 Å². The van der Waals surface area contributed by atoms with Crippen LogP contribution in [0.1, 0.15) is 19.3 Å². The standard InChI is InChI=1S/C13H16Cl2N4O2/c14-10-7-9(8-11(15)18-10)17-13(21)16-4-2-6-19-5-1-3-12(19)20/h7-8H,1-6H2,(H2,16,17,18,21). The Labute approximate surface area is 132 Å². The highest BCUT2D eigenvalue weighted by molar-refractivity contribution is 6.32. The maximum Gasteiger partial charge on any atom is 0.319 e. The van der Waals surface area contributed by atoms with Gasteiger partial charge >= 0.3 is 6.03 Å². The molecule has 1 saturated heterocycles. The van der Waals surface area contributed by atoms with Gasteiger partial charge in [-0.3, -0.25) is 4.79 Å². The molecule has 21 heavy (non-hydrogen) atoms. The third-order valence-electron chi connectivity index (χ3n) is 3.08. The molecule has 1 aromatic heterocycles. The summed E-state index contributed by atoms with van der Waals surface area (Å²) in [5.74, 6) is 0.195. The second kappa shape index (κ2) is 7.47. The van der Waals surface area contributed by atoms with Gasteiger partial charge in [-0.2, -0.15) is 0 Å². The summed E-state index contributed by atoms with van der Waals surface area (Å²) in [6.45, 7) is 1.98. The fourth-order valence-electron chi connectivity index (χ4n) is 2.12. The van der Waals surface area contributed by atoms with Gasteiger partial charge in [0.2, 0.25) is 5.91 Å². The summed E-state index contributed by atoms with van der Waals surface area (Å²) >= 11 is 11.5. The van der Waals surface area contributed by atoms with E-state index in [2.05, 4.69) is 15.6 Å². The second-order valence-corrected chi connectivity index (χ2v) is 5.49. The molecule has 6 nitrogen and oxygen atoms in total. The van der Waals surface area contributed by atoms with Crippen molar-refractivity contribution in [2.75, 3.05) is 25.0 Å². The first-order valence-electron chi connectivity index (χ1n) is 6.70. The van der Waals surface area contributed by atoms with Crippen molar-refractivity contribution in [3.8, 4) is 0 Å². The molecular weight excluding hydrogens is 315 g/mol. The molecule has 1 fully saturated rings. The molecular formula is C13H16Cl2N4O2. The lowest BCUT2D eigenvalue weighted by molar-refractivity contribution is -0.127. The Kier molecular flexibility index (Phi) is 5.64.